The van der Waals surface area contributed by atoms with Crippen LogP contribution in [0.2, 0.25) is 0 Å². The van der Waals surface area contributed by atoms with E-state index in [0.717, 1.165) is 24.1 Å². The zero-order valence-electron chi connectivity index (χ0n) is 18.8. The van der Waals surface area contributed by atoms with Crippen LogP contribution in [0.5, 0.6) is 0 Å². The normalized spacial score (nSPS) is 11.1. The van der Waals surface area contributed by atoms with E-state index in [1.54, 1.807) is 28.2 Å². The van der Waals surface area contributed by atoms with Crippen molar-refractivity contribution in [2.45, 2.75) is 32.9 Å². The number of amides is 2. The molecule has 2 heterocycles. The first kappa shape index (κ1) is 23.1. The van der Waals surface area contributed by atoms with E-state index in [2.05, 4.69) is 6.92 Å². The van der Waals surface area contributed by atoms with Crippen molar-refractivity contribution in [2.24, 2.45) is 7.05 Å². The molecule has 0 aliphatic rings. The minimum Gasteiger partial charge on any atom is -0.467 e. The molecule has 0 radical (unpaired) electrons. The maximum absolute atomic E-state index is 13.3. The fourth-order valence-electron chi connectivity index (χ4n) is 3.40. The molecule has 0 fully saturated rings. The zero-order chi connectivity index (χ0) is 22.8. The number of rotatable bonds is 11. The minimum absolute atomic E-state index is 0.0308. The van der Waals surface area contributed by atoms with Gasteiger partial charge in [-0.25, -0.2) is 0 Å². The molecule has 3 rings (SSSR count). The van der Waals surface area contributed by atoms with Gasteiger partial charge in [-0.05, 0) is 42.3 Å². The summed E-state index contributed by atoms with van der Waals surface area (Å²) in [4.78, 5) is 29.6. The zero-order valence-corrected chi connectivity index (χ0v) is 18.8. The van der Waals surface area contributed by atoms with Gasteiger partial charge in [0, 0.05) is 31.6 Å². The number of unbranched alkanes of at least 4 members (excludes halogenated alkanes) is 1. The highest BCUT2D eigenvalue weighted by atomic mass is 16.3. The molecule has 6 nitrogen and oxygen atoms in total. The molecule has 0 bridgehead atoms. The highest BCUT2D eigenvalue weighted by Crippen LogP contribution is 2.13. The van der Waals surface area contributed by atoms with Gasteiger partial charge in [0.25, 0.3) is 0 Å². The summed E-state index contributed by atoms with van der Waals surface area (Å²) in [6.45, 7) is 3.44. The summed E-state index contributed by atoms with van der Waals surface area (Å²) in [6, 6.07) is 17.3. The summed E-state index contributed by atoms with van der Waals surface area (Å²) in [5.74, 6) is 0.440. The van der Waals surface area contributed by atoms with Gasteiger partial charge in [-0.15, -0.1) is 0 Å². The van der Waals surface area contributed by atoms with Crippen molar-refractivity contribution in [1.29, 1.82) is 0 Å². The second-order valence-corrected chi connectivity index (χ2v) is 7.80. The van der Waals surface area contributed by atoms with Crippen LogP contribution in [-0.2, 0) is 29.7 Å². The highest BCUT2D eigenvalue weighted by molar-refractivity contribution is 5.94. The van der Waals surface area contributed by atoms with Crippen molar-refractivity contribution in [1.82, 2.24) is 14.4 Å². The quantitative estimate of drug-likeness (QED) is 0.419. The lowest BCUT2D eigenvalue weighted by atomic mass is 10.2. The standard InChI is InChI=1S/C26H31N3O3/c1-3-4-17-28(25(30)15-14-22-10-6-5-7-11-22)21-26(31)29(20-24-13-9-18-32-24)19-23-12-8-16-27(23)2/h5-16,18H,3-4,17,19-21H2,1-2H3. The molecule has 0 aliphatic carbocycles. The van der Waals surface area contributed by atoms with Crippen LogP contribution in [0.4, 0.5) is 0 Å². The van der Waals surface area contributed by atoms with Gasteiger partial charge in [0.1, 0.15) is 12.3 Å². The first-order chi connectivity index (χ1) is 15.6. The molecule has 0 spiro atoms. The lowest BCUT2D eigenvalue weighted by Gasteiger charge is -2.27. The Morgan fingerprint density at radius 1 is 1.00 bits per heavy atom. The molecule has 32 heavy (non-hydrogen) atoms. The van der Waals surface area contributed by atoms with Crippen molar-refractivity contribution in [3.63, 3.8) is 0 Å². The first-order valence-electron chi connectivity index (χ1n) is 11.0. The molecule has 0 aliphatic heterocycles. The van der Waals surface area contributed by atoms with E-state index < -0.39 is 0 Å². The van der Waals surface area contributed by atoms with Gasteiger partial charge in [-0.3, -0.25) is 9.59 Å². The third-order valence-electron chi connectivity index (χ3n) is 5.32. The van der Waals surface area contributed by atoms with Gasteiger partial charge < -0.3 is 18.8 Å². The van der Waals surface area contributed by atoms with E-state index in [1.165, 1.54) is 0 Å². The number of aryl methyl sites for hydroxylation is 1. The van der Waals surface area contributed by atoms with Crippen LogP contribution in [0.1, 0.15) is 36.8 Å². The number of furan rings is 1. The molecule has 2 amide bonds. The Kier molecular flexibility index (Phi) is 8.49. The number of carbonyl (C=O) groups is 2. The van der Waals surface area contributed by atoms with Crippen molar-refractivity contribution >= 4 is 17.9 Å². The monoisotopic (exact) mass is 433 g/mol. The predicted octanol–water partition coefficient (Wildman–Crippen LogP) is 4.49. The van der Waals surface area contributed by atoms with Crippen LogP contribution in [0.25, 0.3) is 6.08 Å². The van der Waals surface area contributed by atoms with Crippen LogP contribution in [0.3, 0.4) is 0 Å². The fourth-order valence-corrected chi connectivity index (χ4v) is 3.40. The van der Waals surface area contributed by atoms with E-state index in [1.807, 2.05) is 72.4 Å². The molecule has 168 valence electrons. The molecule has 6 heteroatoms. The van der Waals surface area contributed by atoms with Crippen LogP contribution in [0.15, 0.2) is 77.6 Å². The Bertz CT molecular complexity index is 1010. The van der Waals surface area contributed by atoms with Crippen LogP contribution in [-0.4, -0.2) is 39.3 Å². The summed E-state index contributed by atoms with van der Waals surface area (Å²) in [6.07, 6.45) is 8.68. The highest BCUT2D eigenvalue weighted by Gasteiger charge is 2.22. The number of aromatic nitrogens is 1. The van der Waals surface area contributed by atoms with E-state index in [9.17, 15) is 9.59 Å². The molecular weight excluding hydrogens is 402 g/mol. The Labute approximate surface area is 189 Å². The molecule has 0 saturated heterocycles. The third-order valence-corrected chi connectivity index (χ3v) is 5.32. The van der Waals surface area contributed by atoms with Crippen LogP contribution in [0, 0.1) is 0 Å². The third kappa shape index (κ3) is 6.74. The average Bonchev–Trinajstić information content (AvgIpc) is 3.47. The maximum atomic E-state index is 13.3. The summed E-state index contributed by atoms with van der Waals surface area (Å²) >= 11 is 0. The SMILES string of the molecule is CCCCN(CC(=O)N(Cc1ccco1)Cc1cccn1C)C(=O)C=Cc1ccccc1. The summed E-state index contributed by atoms with van der Waals surface area (Å²) in [5.41, 5.74) is 1.96. The molecule has 3 aromatic rings. The molecule has 2 aromatic heterocycles. The van der Waals surface area contributed by atoms with E-state index in [4.69, 9.17) is 4.42 Å². The molecule has 0 unspecified atom stereocenters. The average molecular weight is 434 g/mol. The second kappa shape index (κ2) is 11.7. The molecule has 0 N–H and O–H groups in total. The van der Waals surface area contributed by atoms with Crippen LogP contribution < -0.4 is 0 Å². The van der Waals surface area contributed by atoms with Crippen LogP contribution >= 0.6 is 0 Å². The van der Waals surface area contributed by atoms with Gasteiger partial charge in [0.05, 0.1) is 19.4 Å². The number of hydrogen-bond acceptors (Lipinski definition) is 3. The van der Waals surface area contributed by atoms with Gasteiger partial charge in [0.2, 0.25) is 11.8 Å². The topological polar surface area (TPSA) is 58.7 Å². The Morgan fingerprint density at radius 2 is 1.81 bits per heavy atom. The van der Waals surface area contributed by atoms with Gasteiger partial charge in [-0.2, -0.15) is 0 Å². The molecule has 0 atom stereocenters. The predicted molar refractivity (Wildman–Crippen MR) is 125 cm³/mol. The van der Waals surface area contributed by atoms with Crippen molar-refractivity contribution < 1.29 is 14.0 Å². The number of nitrogens with zero attached hydrogens (tertiary/aromatic N) is 3. The van der Waals surface area contributed by atoms with Gasteiger partial charge in [-0.1, -0.05) is 43.7 Å². The van der Waals surface area contributed by atoms with Crippen molar-refractivity contribution in [2.75, 3.05) is 13.1 Å². The fraction of sp³-hybridized carbons (Fsp3) is 0.308. The Morgan fingerprint density at radius 3 is 2.47 bits per heavy atom. The number of benzene rings is 1. The Hall–Kier alpha value is -3.54. The number of carbonyl (C=O) groups excluding carboxylic acids is 2. The molecule has 0 saturated carbocycles. The van der Waals surface area contributed by atoms with E-state index >= 15 is 0 Å². The van der Waals surface area contributed by atoms with E-state index in [0.29, 0.717) is 25.4 Å². The first-order valence-corrected chi connectivity index (χ1v) is 11.0. The lowest BCUT2D eigenvalue weighted by molar-refractivity contribution is -0.139. The summed E-state index contributed by atoms with van der Waals surface area (Å²) < 4.78 is 7.47. The van der Waals surface area contributed by atoms with Gasteiger partial charge >= 0.3 is 0 Å². The lowest BCUT2D eigenvalue weighted by Crippen LogP contribution is -2.42. The maximum Gasteiger partial charge on any atom is 0.247 e. The summed E-state index contributed by atoms with van der Waals surface area (Å²) in [5, 5.41) is 0. The molecule has 1 aromatic carbocycles. The summed E-state index contributed by atoms with van der Waals surface area (Å²) in [7, 11) is 1.95. The van der Waals surface area contributed by atoms with Crippen molar-refractivity contribution in [3.8, 4) is 0 Å². The Balaban J connectivity index is 1.73. The van der Waals surface area contributed by atoms with Gasteiger partial charge in [0.15, 0.2) is 0 Å². The van der Waals surface area contributed by atoms with E-state index in [-0.39, 0.29) is 18.4 Å². The smallest absolute Gasteiger partial charge is 0.247 e. The van der Waals surface area contributed by atoms with Crippen molar-refractivity contribution in [3.05, 3.63) is 90.2 Å². The molecular formula is C26H31N3O3. The number of hydrogen-bond donors (Lipinski definition) is 0. The minimum atomic E-state index is -0.160. The second-order valence-electron chi connectivity index (χ2n) is 7.80. The largest absolute Gasteiger partial charge is 0.467 e.